The molecule has 5 rings (SSSR count). The molecule has 5 atom stereocenters. The molecule has 21 nitrogen and oxygen atoms in total. The van der Waals surface area contributed by atoms with Crippen molar-refractivity contribution in [3.05, 3.63) is 56.8 Å². The minimum atomic E-state index is -2.46. The Balaban J connectivity index is 2.05. The summed E-state index contributed by atoms with van der Waals surface area (Å²) >= 11 is 0. The topological polar surface area (TPSA) is 391 Å². The van der Waals surface area contributed by atoms with Crippen molar-refractivity contribution in [2.24, 2.45) is 32.1 Å². The minimum Gasteiger partial charge on any atom is -0.550 e. The molecule has 350 valence electrons. The molecule has 21 heteroatoms. The van der Waals surface area contributed by atoms with Gasteiger partial charge in [0.1, 0.15) is 5.54 Å². The quantitative estimate of drug-likeness (QED) is 0.116. The summed E-state index contributed by atoms with van der Waals surface area (Å²) in [6, 6.07) is 0. The first-order valence-corrected chi connectivity index (χ1v) is 20.6. The zero-order chi connectivity index (χ0) is 48.6. The van der Waals surface area contributed by atoms with E-state index >= 15 is 0 Å². The van der Waals surface area contributed by atoms with E-state index in [1.165, 1.54) is 26.8 Å². The van der Waals surface area contributed by atoms with Crippen molar-refractivity contribution >= 4 is 65.0 Å². The number of ketones is 1. The molecule has 4 aliphatic rings. The maximum atomic E-state index is 14.7. The first kappa shape index (κ1) is 49.1. The summed E-state index contributed by atoms with van der Waals surface area (Å²) in [5.41, 5.74) is -8.79. The predicted molar refractivity (Wildman–Crippen MR) is 203 cm³/mol. The van der Waals surface area contributed by atoms with Gasteiger partial charge in [-0.25, -0.2) is 0 Å². The summed E-state index contributed by atoms with van der Waals surface area (Å²) in [5, 5.41) is 102. The molecule has 1 aromatic heterocycles. The van der Waals surface area contributed by atoms with Crippen LogP contribution in [-0.4, -0.2) is 75.5 Å². The van der Waals surface area contributed by atoms with E-state index in [4.69, 9.17) is 9.98 Å². The molecule has 0 amide bonds. The smallest absolute Gasteiger partial charge is 0.161 e. The standard InChI is InChI=1S/C44H52N4O17/c1-20(49)44-40-25(14-37(60)61)41(2,12-11-35(56)57)30(47-40)16-27-21(5-8-32(50)51)22(13-36(58)59)26(45-27)15-28-23(6-9-33(52)53)42(3,18-38(62)63)31(46-28)17-29(48-44)24(7-10-34(54)55)43(44,4)19-39(64)65/h17,24,45,48H,5-16,18-19H2,1-4H3,(H,50,51)(H,52,53)(H,54,55)(H,56,57)(H,58,59)(H,60,61)(H,62,63)(H,64,65)/p-8/b29-17-/t24-,41-,42+,43+,44+/m1/s1. The number of carboxylic acids is 8. The maximum absolute atomic E-state index is 14.7. The van der Waals surface area contributed by atoms with E-state index in [0.29, 0.717) is 0 Å². The van der Waals surface area contributed by atoms with Gasteiger partial charge in [0, 0.05) is 131 Å². The highest BCUT2D eigenvalue weighted by molar-refractivity contribution is 6.07. The third-order valence-electron chi connectivity index (χ3n) is 13.5. The number of carbonyl (C=O) groups is 9. The zero-order valence-electron chi connectivity index (χ0n) is 35.9. The molecule has 5 heterocycles. The number of aliphatic imine (C=N–C) groups is 2. The van der Waals surface area contributed by atoms with Crippen molar-refractivity contribution in [3.63, 3.8) is 0 Å². The molecule has 0 radical (unpaired) electrons. The van der Waals surface area contributed by atoms with Crippen LogP contribution in [0.5, 0.6) is 0 Å². The fourth-order valence-electron chi connectivity index (χ4n) is 10.5. The highest BCUT2D eigenvalue weighted by Gasteiger charge is 2.66. The molecule has 2 N–H and O–H groups in total. The van der Waals surface area contributed by atoms with Crippen LogP contribution in [0.25, 0.3) is 0 Å². The highest BCUT2D eigenvalue weighted by Crippen LogP contribution is 2.60. The van der Waals surface area contributed by atoms with E-state index in [1.54, 1.807) is 0 Å². The van der Waals surface area contributed by atoms with Gasteiger partial charge in [-0.05, 0) is 100.0 Å². The summed E-state index contributed by atoms with van der Waals surface area (Å²) in [6.07, 6.45) is -7.97. The number of fused-ring (bicyclic) bond motifs is 7. The summed E-state index contributed by atoms with van der Waals surface area (Å²) in [5.74, 6) is -15.3. The number of rotatable bonds is 21. The fourth-order valence-corrected chi connectivity index (χ4v) is 10.5. The molecule has 0 saturated carbocycles. The van der Waals surface area contributed by atoms with Crippen molar-refractivity contribution in [3.8, 4) is 0 Å². The van der Waals surface area contributed by atoms with Crippen LogP contribution in [0.2, 0.25) is 0 Å². The molecule has 0 spiro atoms. The summed E-state index contributed by atoms with van der Waals surface area (Å²) in [4.78, 5) is 126. The number of hydrogen-bond donors (Lipinski definition) is 2. The lowest BCUT2D eigenvalue weighted by atomic mass is 9.59. The summed E-state index contributed by atoms with van der Waals surface area (Å²) in [6.45, 7) is 5.11. The van der Waals surface area contributed by atoms with Gasteiger partial charge >= 0.3 is 0 Å². The number of hydrogen-bond acceptors (Lipinski definition) is 20. The number of nitrogens with one attached hydrogen (secondary N) is 2. The van der Waals surface area contributed by atoms with Gasteiger partial charge in [-0.2, -0.15) is 0 Å². The second kappa shape index (κ2) is 18.3. The van der Waals surface area contributed by atoms with Crippen LogP contribution >= 0.6 is 0 Å². The van der Waals surface area contributed by atoms with Crippen molar-refractivity contribution in [2.45, 2.75) is 123 Å². The Morgan fingerprint density at radius 1 is 0.631 bits per heavy atom. The molecule has 0 aromatic carbocycles. The molecule has 4 aliphatic heterocycles. The molecular formula is C44H44N4O17-8. The van der Waals surface area contributed by atoms with E-state index in [9.17, 15) is 84.0 Å². The lowest BCUT2D eigenvalue weighted by Gasteiger charge is -2.45. The van der Waals surface area contributed by atoms with Crippen molar-refractivity contribution < 1.29 is 84.0 Å². The van der Waals surface area contributed by atoms with Gasteiger partial charge in [-0.15, -0.1) is 0 Å². The van der Waals surface area contributed by atoms with Gasteiger partial charge in [0.25, 0.3) is 0 Å². The largest absolute Gasteiger partial charge is 0.550 e. The Bertz CT molecular complexity index is 2450. The number of Topliss-reactive ketones (excluding diaryl/α,β-unsaturated/α-hetero) is 1. The number of aliphatic carboxylic acids is 8. The van der Waals surface area contributed by atoms with Gasteiger partial charge < -0.3 is 89.5 Å². The first-order chi connectivity index (χ1) is 30.2. The molecular weight excluding hydrogens is 856 g/mol. The van der Waals surface area contributed by atoms with Crippen molar-refractivity contribution in [1.82, 2.24) is 10.3 Å². The Labute approximate surface area is 370 Å². The second-order valence-corrected chi connectivity index (χ2v) is 17.6. The lowest BCUT2D eigenvalue weighted by Crippen LogP contribution is -2.59. The number of carboxylic acid groups (broad SMARTS) is 8. The Morgan fingerprint density at radius 3 is 1.74 bits per heavy atom. The molecule has 1 saturated heterocycles. The number of carbonyl (C=O) groups excluding carboxylic acids is 9. The van der Waals surface area contributed by atoms with Crippen LogP contribution < -0.4 is 46.2 Å². The van der Waals surface area contributed by atoms with E-state index in [1.807, 2.05) is 0 Å². The minimum absolute atomic E-state index is 0.00629. The van der Waals surface area contributed by atoms with Crippen LogP contribution in [0.4, 0.5) is 0 Å². The predicted octanol–water partition coefficient (Wildman–Crippen LogP) is -7.03. The molecule has 0 unspecified atom stereocenters. The van der Waals surface area contributed by atoms with Crippen LogP contribution in [0.1, 0.15) is 114 Å². The monoisotopic (exact) mass is 900 g/mol. The average molecular weight is 901 g/mol. The van der Waals surface area contributed by atoms with E-state index < -0.39 is 177 Å². The molecule has 1 aromatic rings. The SMILES string of the molecule is CC(=O)[C@]12N/C(=C\C3=NC(=C(CCC(=O)[O-])[C@]3(C)CC(=O)[O-])Cc3[nH]c(c(CCC(=O)[O-])c3CC(=O)[O-])CC3=NC1=C(CC(=O)[O-])[C@@]3(C)CCC(=O)[O-])[C@@H](CCC(=O)[O-])[C@]2(C)CC(=O)[O-]. The summed E-state index contributed by atoms with van der Waals surface area (Å²) < 4.78 is 0. The third kappa shape index (κ3) is 9.35. The number of aromatic amines is 1. The summed E-state index contributed by atoms with van der Waals surface area (Å²) in [7, 11) is 0. The second-order valence-electron chi connectivity index (χ2n) is 17.6. The Hall–Kier alpha value is -6.93. The molecule has 8 bridgehead atoms. The zero-order valence-corrected chi connectivity index (χ0v) is 35.9. The molecule has 65 heavy (non-hydrogen) atoms. The number of allylic oxidation sites excluding steroid dienone is 4. The van der Waals surface area contributed by atoms with E-state index in [2.05, 4.69) is 10.3 Å². The van der Waals surface area contributed by atoms with Crippen LogP contribution in [-0.2, 0) is 68.8 Å². The number of aromatic nitrogens is 1. The van der Waals surface area contributed by atoms with Gasteiger partial charge in [0.05, 0.1) is 11.4 Å². The lowest BCUT2D eigenvalue weighted by molar-refractivity contribution is -0.310. The highest BCUT2D eigenvalue weighted by atomic mass is 16.4. The third-order valence-corrected chi connectivity index (χ3v) is 13.5. The Kier molecular flexibility index (Phi) is 13.8. The fraction of sp³-hybridized carbons (Fsp3) is 0.523. The van der Waals surface area contributed by atoms with Gasteiger partial charge in [0.15, 0.2) is 5.78 Å². The van der Waals surface area contributed by atoms with Gasteiger partial charge in [-0.1, -0.05) is 13.8 Å². The maximum Gasteiger partial charge on any atom is 0.161 e. The Morgan fingerprint density at radius 2 is 1.20 bits per heavy atom. The van der Waals surface area contributed by atoms with Crippen molar-refractivity contribution in [2.75, 3.05) is 0 Å². The van der Waals surface area contributed by atoms with Crippen LogP contribution in [0.15, 0.2) is 44.3 Å². The molecule has 0 aliphatic carbocycles. The number of nitrogens with zero attached hydrogens (tertiary/aromatic N) is 2. The van der Waals surface area contributed by atoms with E-state index in [0.717, 1.165) is 6.92 Å². The normalized spacial score (nSPS) is 26.5. The van der Waals surface area contributed by atoms with Crippen LogP contribution in [0, 0.1) is 22.2 Å². The molecule has 1 fully saturated rings. The van der Waals surface area contributed by atoms with Gasteiger partial charge in [-0.3, -0.25) is 14.8 Å². The van der Waals surface area contributed by atoms with Gasteiger partial charge in [0.2, 0.25) is 0 Å². The van der Waals surface area contributed by atoms with Crippen LogP contribution in [0.3, 0.4) is 0 Å². The number of H-pyrrole nitrogens is 1. The van der Waals surface area contributed by atoms with Crippen molar-refractivity contribution in [1.29, 1.82) is 0 Å². The van der Waals surface area contributed by atoms with E-state index in [-0.39, 0.29) is 56.5 Å². The first-order valence-electron chi connectivity index (χ1n) is 20.6. The average Bonchev–Trinajstić information content (AvgIpc) is 3.78.